The second-order valence-electron chi connectivity index (χ2n) is 2.48. The first-order valence-electron chi connectivity index (χ1n) is 6.24. The molecule has 0 aliphatic carbocycles. The molecule has 0 aromatic carbocycles. The van der Waals surface area contributed by atoms with Gasteiger partial charge in [0.25, 0.3) is 0 Å². The Bertz CT molecular complexity index is 849. The zero-order valence-electron chi connectivity index (χ0n) is 16.1. The van der Waals surface area contributed by atoms with Crippen molar-refractivity contribution in [3.63, 3.8) is 0 Å². The van der Waals surface area contributed by atoms with Crippen LogP contribution in [-0.4, -0.2) is 23.1 Å². The van der Waals surface area contributed by atoms with Gasteiger partial charge in [-0.3, -0.25) is 0 Å². The van der Waals surface area contributed by atoms with Gasteiger partial charge in [-0.25, -0.2) is 0 Å². The fourth-order valence-corrected chi connectivity index (χ4v) is 0.485. The van der Waals surface area contributed by atoms with Crippen molar-refractivity contribution in [2.75, 3.05) is 0 Å². The minimum absolute atomic E-state index is 0. The van der Waals surface area contributed by atoms with E-state index in [0.29, 0.717) is 0 Å². The molecule has 0 nitrogen and oxygen atoms in total. The number of halogens is 3. The molecule has 0 rings (SSSR count). The summed E-state index contributed by atoms with van der Waals surface area (Å²) < 4.78 is 2.61. The van der Waals surface area contributed by atoms with E-state index >= 15 is 0 Å². The Balaban J connectivity index is -0.0000000409. The first kappa shape index (κ1) is 45.0. The van der Waals surface area contributed by atoms with Crippen LogP contribution in [0.4, 0.5) is 0 Å². The molecule has 0 radical (unpaired) electrons. The summed E-state index contributed by atoms with van der Waals surface area (Å²) in [6.07, 6.45) is 18.5. The van der Waals surface area contributed by atoms with Crippen LogP contribution >= 0.6 is 38.5 Å². The fourth-order valence-electron chi connectivity index (χ4n) is 0.351. The van der Waals surface area contributed by atoms with E-state index in [0.717, 1.165) is 0 Å². The Kier molecular flexibility index (Phi) is 118. The van der Waals surface area contributed by atoms with Gasteiger partial charge in [0.05, 0.1) is 0 Å². The molecule has 0 atom stereocenters. The maximum Gasteiger partial charge on any atom is 2.00 e. The molecular formula is C24H15Br2IMg. The van der Waals surface area contributed by atoms with Crippen LogP contribution in [0.1, 0.15) is 27.7 Å². The van der Waals surface area contributed by atoms with Crippen LogP contribution in [0.15, 0.2) is 0 Å². The van der Waals surface area contributed by atoms with Crippen LogP contribution in [0.3, 0.4) is 0 Å². The summed E-state index contributed by atoms with van der Waals surface area (Å²) in [7, 11) is 0. The summed E-state index contributed by atoms with van der Waals surface area (Å²) in [6.45, 7) is 6.94. The second kappa shape index (κ2) is 73.4. The van der Waals surface area contributed by atoms with E-state index in [4.69, 9.17) is 19.3 Å². The monoisotopic (exact) mass is 612 g/mol. The van der Waals surface area contributed by atoms with Crippen molar-refractivity contribution in [2.24, 2.45) is 0 Å². The van der Waals surface area contributed by atoms with Gasteiger partial charge < -0.3 is 29.8 Å². The van der Waals surface area contributed by atoms with Crippen LogP contribution in [0.5, 0.6) is 0 Å². The van der Waals surface area contributed by atoms with Crippen molar-refractivity contribution < 1.29 is 17.0 Å². The van der Waals surface area contributed by atoms with E-state index in [9.17, 15) is 0 Å². The number of hydrogen-bond acceptors (Lipinski definition) is 0. The molecule has 0 aliphatic rings. The van der Waals surface area contributed by atoms with Crippen molar-refractivity contribution >= 4 is 61.6 Å². The van der Waals surface area contributed by atoms with Gasteiger partial charge in [-0.2, -0.15) is 0 Å². The van der Waals surface area contributed by atoms with Crippen LogP contribution in [0.2, 0.25) is 0 Å². The van der Waals surface area contributed by atoms with Crippen LogP contribution in [0.25, 0.3) is 0 Å². The first-order chi connectivity index (χ1) is 12.7. The predicted molar refractivity (Wildman–Crippen MR) is 132 cm³/mol. The SMILES string of the molecule is C#CC#CC.C#CC#CC#CC.CC#CBr.CC#CC#CC#CI.[Br-].[C-]#C.[Mg+2]. The molecule has 0 spiro atoms. The van der Waals surface area contributed by atoms with Crippen molar-refractivity contribution in [1.82, 2.24) is 0 Å². The predicted octanol–water partition coefficient (Wildman–Crippen LogP) is 0.889. The Morgan fingerprint density at radius 3 is 1.18 bits per heavy atom. The Labute approximate surface area is 221 Å². The van der Waals surface area contributed by atoms with E-state index in [1.165, 1.54) is 0 Å². The fraction of sp³-hybridized carbons (Fsp3) is 0.167. The van der Waals surface area contributed by atoms with Gasteiger partial charge in [0.15, 0.2) is 0 Å². The molecule has 0 bridgehead atoms. The van der Waals surface area contributed by atoms with Crippen LogP contribution in [0, 0.1) is 117 Å². The average molecular weight is 614 g/mol. The largest absolute Gasteiger partial charge is 2.00 e. The van der Waals surface area contributed by atoms with E-state index in [1.807, 2.05) is 22.6 Å². The van der Waals surface area contributed by atoms with Gasteiger partial charge in [0, 0.05) is 38.5 Å². The maximum absolute atomic E-state index is 5.25. The zero-order chi connectivity index (χ0) is 21.3. The van der Waals surface area contributed by atoms with Crippen molar-refractivity contribution in [2.45, 2.75) is 27.7 Å². The molecule has 0 saturated carbocycles. The number of terminal acetylenes is 3. The van der Waals surface area contributed by atoms with Crippen molar-refractivity contribution in [1.29, 1.82) is 0 Å². The molecule has 0 saturated heterocycles. The minimum Gasteiger partial charge on any atom is -1.00 e. The smallest absolute Gasteiger partial charge is 1.00 e. The summed E-state index contributed by atoms with van der Waals surface area (Å²) >= 11 is 4.81. The van der Waals surface area contributed by atoms with Crippen LogP contribution in [-0.2, 0) is 0 Å². The molecule has 28 heavy (non-hydrogen) atoms. The van der Waals surface area contributed by atoms with Gasteiger partial charge in [-0.15, -0.1) is 12.8 Å². The van der Waals surface area contributed by atoms with E-state index in [-0.39, 0.29) is 40.0 Å². The Hall–Kier alpha value is -1.94. The summed E-state index contributed by atoms with van der Waals surface area (Å²) in [5, 5.41) is 0. The summed E-state index contributed by atoms with van der Waals surface area (Å²) in [5.41, 5.74) is 0. The molecule has 0 N–H and O–H groups in total. The summed E-state index contributed by atoms with van der Waals surface area (Å²) in [5.74, 6) is 34.5. The first-order valence-corrected chi connectivity index (χ1v) is 8.12. The normalized spacial score (nSPS) is 3.07. The molecule has 0 aromatic heterocycles. The molecule has 134 valence electrons. The molecule has 0 aliphatic heterocycles. The molecular weight excluding hydrogens is 599 g/mol. The topological polar surface area (TPSA) is 0 Å². The molecule has 0 aromatic rings. The van der Waals surface area contributed by atoms with Gasteiger partial charge >= 0.3 is 23.1 Å². The summed E-state index contributed by atoms with van der Waals surface area (Å²) in [6, 6.07) is 0. The van der Waals surface area contributed by atoms with Gasteiger partial charge in [-0.05, 0) is 95.7 Å². The molecule has 0 fully saturated rings. The molecule has 4 heteroatoms. The third kappa shape index (κ3) is 126. The molecule has 0 amide bonds. The van der Waals surface area contributed by atoms with E-state index < -0.39 is 0 Å². The summed E-state index contributed by atoms with van der Waals surface area (Å²) in [4.78, 5) is 2.49. The average Bonchev–Trinajstić information content (AvgIpc) is 2.69. The van der Waals surface area contributed by atoms with Crippen LogP contribution < -0.4 is 17.0 Å². The molecule has 0 heterocycles. The van der Waals surface area contributed by atoms with E-state index in [1.54, 1.807) is 27.7 Å². The standard InChI is InChI=1S/C7H3I.C7H4.C5H4.C3H3Br.C2H.BrH.Mg/c1-2-3-4-5-6-7-8;1-3-5-7-6-4-2;1-3-5-4-2;1-2-3-4;1-2;;/h1H3;1H,2H3;1H,2H3;1H3;1H;1H;/q;;;;-1;;+2/p-1. The Morgan fingerprint density at radius 1 is 0.643 bits per heavy atom. The third-order valence-corrected chi connectivity index (χ3v) is 1.64. The maximum atomic E-state index is 5.25. The van der Waals surface area contributed by atoms with Gasteiger partial charge in [-0.1, -0.05) is 23.7 Å². The van der Waals surface area contributed by atoms with Gasteiger partial charge in [0.1, 0.15) is 0 Å². The Morgan fingerprint density at radius 2 is 0.964 bits per heavy atom. The quantitative estimate of drug-likeness (QED) is 0.165. The van der Waals surface area contributed by atoms with E-state index in [2.05, 4.69) is 114 Å². The third-order valence-electron chi connectivity index (χ3n) is 0.974. The zero-order valence-corrected chi connectivity index (χ0v) is 22.8. The second-order valence-corrected chi connectivity index (χ2v) is 3.41. The van der Waals surface area contributed by atoms with Gasteiger partial charge in [0.2, 0.25) is 0 Å². The number of rotatable bonds is 0. The van der Waals surface area contributed by atoms with Crippen molar-refractivity contribution in [3.05, 3.63) is 6.42 Å². The molecule has 0 unspecified atom stereocenters. The minimum atomic E-state index is 0. The van der Waals surface area contributed by atoms with Crippen molar-refractivity contribution in [3.8, 4) is 111 Å². The number of hydrogen-bond donors (Lipinski definition) is 0.